The maximum Gasteiger partial charge on any atom is 0.237 e. The van der Waals surface area contributed by atoms with Crippen LogP contribution < -0.4 is 10.6 Å². The summed E-state index contributed by atoms with van der Waals surface area (Å²) < 4.78 is 5.30. The Balaban J connectivity index is 2.40. The number of nitrogens with one attached hydrogen (secondary N) is 2. The van der Waals surface area contributed by atoms with Crippen LogP contribution in [0, 0.1) is 0 Å². The molecule has 0 aliphatic heterocycles. The first-order valence-electron chi connectivity index (χ1n) is 6.64. The Hall–Kier alpha value is -1.29. The lowest BCUT2D eigenvalue weighted by Crippen LogP contribution is -2.46. The van der Waals surface area contributed by atoms with Crippen molar-refractivity contribution < 1.29 is 9.21 Å². The van der Waals surface area contributed by atoms with Gasteiger partial charge in [0.1, 0.15) is 5.76 Å². The van der Waals surface area contributed by atoms with Crippen molar-refractivity contribution in [3.8, 4) is 0 Å². The first kappa shape index (κ1) is 14.8. The number of furan rings is 1. The molecule has 0 aromatic carbocycles. The van der Waals surface area contributed by atoms with E-state index in [-0.39, 0.29) is 24.0 Å². The van der Waals surface area contributed by atoms with Gasteiger partial charge >= 0.3 is 0 Å². The summed E-state index contributed by atoms with van der Waals surface area (Å²) in [6, 6.07) is 3.78. The lowest BCUT2D eigenvalue weighted by atomic mass is 10.1. The largest absolute Gasteiger partial charge is 0.468 e. The van der Waals surface area contributed by atoms with Gasteiger partial charge in [-0.3, -0.25) is 10.1 Å². The van der Waals surface area contributed by atoms with Crippen molar-refractivity contribution in [2.45, 2.75) is 58.7 Å². The molecule has 102 valence electrons. The second-order valence-corrected chi connectivity index (χ2v) is 4.82. The highest BCUT2D eigenvalue weighted by Gasteiger charge is 2.18. The molecule has 4 nitrogen and oxygen atoms in total. The average Bonchev–Trinajstić information content (AvgIpc) is 2.82. The standard InChI is InChI=1S/C14H24N2O2/c1-5-7-10(2)15-14(17)12(4)16-11(3)13-8-6-9-18-13/h6,8-12,16H,5,7H2,1-4H3,(H,15,17)/t10?,11-,12?/m0/s1. The number of amides is 1. The monoisotopic (exact) mass is 252 g/mol. The van der Waals surface area contributed by atoms with Crippen LogP contribution in [0.3, 0.4) is 0 Å². The van der Waals surface area contributed by atoms with Crippen molar-refractivity contribution in [2.24, 2.45) is 0 Å². The number of rotatable bonds is 7. The summed E-state index contributed by atoms with van der Waals surface area (Å²) in [7, 11) is 0. The predicted molar refractivity (Wildman–Crippen MR) is 72.2 cm³/mol. The van der Waals surface area contributed by atoms with E-state index in [1.54, 1.807) is 6.26 Å². The summed E-state index contributed by atoms with van der Waals surface area (Å²) in [5.74, 6) is 0.880. The van der Waals surface area contributed by atoms with E-state index in [2.05, 4.69) is 17.6 Å². The van der Waals surface area contributed by atoms with Crippen molar-refractivity contribution >= 4 is 5.91 Å². The molecule has 1 aromatic heterocycles. The van der Waals surface area contributed by atoms with Crippen LogP contribution in [0.2, 0.25) is 0 Å². The number of carbonyl (C=O) groups is 1. The fraction of sp³-hybridized carbons (Fsp3) is 0.643. The fourth-order valence-corrected chi connectivity index (χ4v) is 1.94. The highest BCUT2D eigenvalue weighted by atomic mass is 16.3. The maximum absolute atomic E-state index is 11.9. The SMILES string of the molecule is CCCC(C)NC(=O)C(C)N[C@@H](C)c1ccco1. The van der Waals surface area contributed by atoms with Crippen molar-refractivity contribution in [1.29, 1.82) is 0 Å². The van der Waals surface area contributed by atoms with E-state index in [0.29, 0.717) is 0 Å². The molecule has 0 spiro atoms. The van der Waals surface area contributed by atoms with E-state index in [9.17, 15) is 4.79 Å². The Morgan fingerprint density at radius 2 is 2.11 bits per heavy atom. The van der Waals surface area contributed by atoms with Crippen molar-refractivity contribution in [1.82, 2.24) is 10.6 Å². The summed E-state index contributed by atoms with van der Waals surface area (Å²) in [6.45, 7) is 8.00. The van der Waals surface area contributed by atoms with Gasteiger partial charge in [0, 0.05) is 6.04 Å². The van der Waals surface area contributed by atoms with Crippen molar-refractivity contribution in [3.63, 3.8) is 0 Å². The second-order valence-electron chi connectivity index (χ2n) is 4.82. The molecule has 18 heavy (non-hydrogen) atoms. The van der Waals surface area contributed by atoms with Gasteiger partial charge in [-0.2, -0.15) is 0 Å². The first-order chi connectivity index (χ1) is 8.54. The minimum atomic E-state index is -0.232. The third-order valence-electron chi connectivity index (χ3n) is 2.97. The Morgan fingerprint density at radius 1 is 1.39 bits per heavy atom. The second kappa shape index (κ2) is 7.21. The van der Waals surface area contributed by atoms with Crippen LogP contribution in [0.1, 0.15) is 52.3 Å². The molecule has 0 aliphatic carbocycles. The van der Waals surface area contributed by atoms with E-state index in [0.717, 1.165) is 18.6 Å². The van der Waals surface area contributed by atoms with Gasteiger partial charge in [-0.25, -0.2) is 0 Å². The Labute approximate surface area is 109 Å². The van der Waals surface area contributed by atoms with Gasteiger partial charge < -0.3 is 9.73 Å². The molecular formula is C14H24N2O2. The molecule has 4 heteroatoms. The van der Waals surface area contributed by atoms with Gasteiger partial charge in [0.25, 0.3) is 0 Å². The van der Waals surface area contributed by atoms with Gasteiger partial charge in [-0.1, -0.05) is 13.3 Å². The molecule has 0 saturated carbocycles. The van der Waals surface area contributed by atoms with Crippen LogP contribution in [-0.2, 0) is 4.79 Å². The first-order valence-corrected chi connectivity index (χ1v) is 6.64. The van der Waals surface area contributed by atoms with E-state index in [1.807, 2.05) is 32.9 Å². The molecule has 1 heterocycles. The molecule has 2 N–H and O–H groups in total. The molecular weight excluding hydrogens is 228 g/mol. The Morgan fingerprint density at radius 3 is 2.67 bits per heavy atom. The molecule has 2 unspecified atom stereocenters. The van der Waals surface area contributed by atoms with Crippen molar-refractivity contribution in [3.05, 3.63) is 24.2 Å². The lowest BCUT2D eigenvalue weighted by Gasteiger charge is -2.20. The molecule has 0 aliphatic rings. The molecule has 0 fully saturated rings. The minimum Gasteiger partial charge on any atom is -0.468 e. The molecule has 0 radical (unpaired) electrons. The van der Waals surface area contributed by atoms with Crippen LogP contribution in [0.15, 0.2) is 22.8 Å². The van der Waals surface area contributed by atoms with Gasteiger partial charge in [0.15, 0.2) is 0 Å². The smallest absolute Gasteiger partial charge is 0.237 e. The summed E-state index contributed by atoms with van der Waals surface area (Å²) in [5.41, 5.74) is 0. The number of hydrogen-bond donors (Lipinski definition) is 2. The quantitative estimate of drug-likeness (QED) is 0.784. The van der Waals surface area contributed by atoms with Crippen LogP contribution in [-0.4, -0.2) is 18.0 Å². The third kappa shape index (κ3) is 4.53. The molecule has 3 atom stereocenters. The zero-order valence-electron chi connectivity index (χ0n) is 11.7. The van der Waals surface area contributed by atoms with Crippen LogP contribution in [0.4, 0.5) is 0 Å². The fourth-order valence-electron chi connectivity index (χ4n) is 1.94. The zero-order chi connectivity index (χ0) is 13.5. The van der Waals surface area contributed by atoms with Gasteiger partial charge in [0.2, 0.25) is 5.91 Å². The molecule has 0 saturated heterocycles. The predicted octanol–water partition coefficient (Wildman–Crippen LogP) is 2.62. The normalized spacial score (nSPS) is 16.0. The summed E-state index contributed by atoms with van der Waals surface area (Å²) in [4.78, 5) is 11.9. The number of carbonyl (C=O) groups excluding carboxylic acids is 1. The summed E-state index contributed by atoms with van der Waals surface area (Å²) in [5, 5.41) is 6.22. The van der Waals surface area contributed by atoms with Gasteiger partial charge in [-0.05, 0) is 39.3 Å². The zero-order valence-corrected chi connectivity index (χ0v) is 11.7. The highest BCUT2D eigenvalue weighted by Crippen LogP contribution is 2.12. The summed E-state index contributed by atoms with van der Waals surface area (Å²) >= 11 is 0. The van der Waals surface area contributed by atoms with Crippen LogP contribution >= 0.6 is 0 Å². The topological polar surface area (TPSA) is 54.3 Å². The van der Waals surface area contributed by atoms with E-state index >= 15 is 0 Å². The van der Waals surface area contributed by atoms with Gasteiger partial charge in [-0.15, -0.1) is 0 Å². The van der Waals surface area contributed by atoms with Crippen LogP contribution in [0.5, 0.6) is 0 Å². The molecule has 1 amide bonds. The molecule has 0 bridgehead atoms. The lowest BCUT2D eigenvalue weighted by molar-refractivity contribution is -0.123. The van der Waals surface area contributed by atoms with Crippen molar-refractivity contribution in [2.75, 3.05) is 0 Å². The highest BCUT2D eigenvalue weighted by molar-refractivity contribution is 5.81. The minimum absolute atomic E-state index is 0.0298. The molecule has 1 aromatic rings. The van der Waals surface area contributed by atoms with Gasteiger partial charge in [0.05, 0.1) is 18.3 Å². The average molecular weight is 252 g/mol. The Bertz CT molecular complexity index is 349. The van der Waals surface area contributed by atoms with Crippen LogP contribution in [0.25, 0.3) is 0 Å². The van der Waals surface area contributed by atoms with E-state index in [4.69, 9.17) is 4.42 Å². The number of hydrogen-bond acceptors (Lipinski definition) is 3. The maximum atomic E-state index is 11.9. The Kier molecular flexibility index (Phi) is 5.92. The third-order valence-corrected chi connectivity index (χ3v) is 2.97. The van der Waals surface area contributed by atoms with E-state index < -0.39 is 0 Å². The summed E-state index contributed by atoms with van der Waals surface area (Å²) in [6.07, 6.45) is 3.72. The van der Waals surface area contributed by atoms with E-state index in [1.165, 1.54) is 0 Å². The molecule has 1 rings (SSSR count).